The summed E-state index contributed by atoms with van der Waals surface area (Å²) in [7, 11) is 0. The summed E-state index contributed by atoms with van der Waals surface area (Å²) in [5.74, 6) is 1.96. The van der Waals surface area contributed by atoms with Gasteiger partial charge in [-0.1, -0.05) is 25.1 Å². The topological polar surface area (TPSA) is 24.5 Å². The summed E-state index contributed by atoms with van der Waals surface area (Å²) in [6.45, 7) is 8.17. The van der Waals surface area contributed by atoms with Crippen molar-refractivity contribution < 1.29 is 4.74 Å². The minimum absolute atomic E-state index is 0.343. The third kappa shape index (κ3) is 3.98. The van der Waals surface area contributed by atoms with Crippen LogP contribution in [0.1, 0.15) is 31.7 Å². The molecule has 21 heavy (non-hydrogen) atoms. The second kappa shape index (κ2) is 7.28. The number of ether oxygens (including phenoxy) is 1. The Morgan fingerprint density at radius 2 is 2.00 bits per heavy atom. The minimum Gasteiger partial charge on any atom is -0.488 e. The number of benzene rings is 1. The molecule has 0 amide bonds. The average molecular weight is 288 g/mol. The summed E-state index contributed by atoms with van der Waals surface area (Å²) >= 11 is 0. The molecule has 1 aromatic rings. The lowest BCUT2D eigenvalue weighted by atomic mass is 9.97. The predicted octanol–water partition coefficient (Wildman–Crippen LogP) is 2.70. The quantitative estimate of drug-likeness (QED) is 0.871. The van der Waals surface area contributed by atoms with Crippen LogP contribution in [-0.4, -0.2) is 43.7 Å². The third-order valence-electron chi connectivity index (χ3n) is 4.69. The summed E-state index contributed by atoms with van der Waals surface area (Å²) in [6.07, 6.45) is 5.29. The van der Waals surface area contributed by atoms with Crippen LogP contribution < -0.4 is 10.1 Å². The van der Waals surface area contributed by atoms with Crippen molar-refractivity contribution >= 4 is 0 Å². The largest absolute Gasteiger partial charge is 0.488 e. The first-order valence-electron chi connectivity index (χ1n) is 8.52. The molecular formula is C18H28N2O. The SMILES string of the molecule is CCCN(CC1CCNCC1)CC1Cc2ccccc2O1. The van der Waals surface area contributed by atoms with Gasteiger partial charge in [0.05, 0.1) is 0 Å². The lowest BCUT2D eigenvalue weighted by Crippen LogP contribution is -2.41. The average Bonchev–Trinajstić information content (AvgIpc) is 2.90. The Morgan fingerprint density at radius 1 is 1.19 bits per heavy atom. The number of nitrogens with one attached hydrogen (secondary N) is 1. The van der Waals surface area contributed by atoms with E-state index in [2.05, 4.69) is 41.4 Å². The summed E-state index contributed by atoms with van der Waals surface area (Å²) in [5, 5.41) is 3.46. The van der Waals surface area contributed by atoms with Crippen LogP contribution in [0, 0.1) is 5.92 Å². The zero-order valence-corrected chi connectivity index (χ0v) is 13.2. The molecule has 1 N–H and O–H groups in total. The van der Waals surface area contributed by atoms with Gasteiger partial charge in [-0.3, -0.25) is 4.90 Å². The van der Waals surface area contributed by atoms with Gasteiger partial charge in [-0.25, -0.2) is 0 Å². The Kier molecular flexibility index (Phi) is 5.15. The molecule has 3 nitrogen and oxygen atoms in total. The van der Waals surface area contributed by atoms with E-state index in [0.29, 0.717) is 6.10 Å². The maximum atomic E-state index is 6.12. The summed E-state index contributed by atoms with van der Waals surface area (Å²) in [5.41, 5.74) is 1.38. The molecule has 1 fully saturated rings. The molecular weight excluding hydrogens is 260 g/mol. The maximum absolute atomic E-state index is 6.12. The monoisotopic (exact) mass is 288 g/mol. The zero-order valence-electron chi connectivity index (χ0n) is 13.2. The van der Waals surface area contributed by atoms with E-state index in [0.717, 1.165) is 24.6 Å². The van der Waals surface area contributed by atoms with Crippen LogP contribution in [0.2, 0.25) is 0 Å². The molecule has 0 aliphatic carbocycles. The van der Waals surface area contributed by atoms with Crippen LogP contribution >= 0.6 is 0 Å². The van der Waals surface area contributed by atoms with E-state index >= 15 is 0 Å². The fraction of sp³-hybridized carbons (Fsp3) is 0.667. The number of piperidine rings is 1. The molecule has 116 valence electrons. The van der Waals surface area contributed by atoms with E-state index in [1.165, 1.54) is 51.0 Å². The highest BCUT2D eigenvalue weighted by Gasteiger charge is 2.25. The first kappa shape index (κ1) is 14.9. The van der Waals surface area contributed by atoms with Gasteiger partial charge >= 0.3 is 0 Å². The first-order valence-corrected chi connectivity index (χ1v) is 8.52. The molecule has 3 rings (SSSR count). The van der Waals surface area contributed by atoms with E-state index in [9.17, 15) is 0 Å². The Morgan fingerprint density at radius 3 is 2.76 bits per heavy atom. The Hall–Kier alpha value is -1.06. The van der Waals surface area contributed by atoms with Crippen molar-refractivity contribution in [2.45, 2.75) is 38.7 Å². The lowest BCUT2D eigenvalue weighted by molar-refractivity contribution is 0.129. The Balaban J connectivity index is 1.53. The lowest BCUT2D eigenvalue weighted by Gasteiger charge is -2.31. The fourth-order valence-corrected chi connectivity index (χ4v) is 3.65. The predicted molar refractivity (Wildman–Crippen MR) is 86.9 cm³/mol. The van der Waals surface area contributed by atoms with Crippen molar-refractivity contribution in [1.82, 2.24) is 10.2 Å². The second-order valence-corrected chi connectivity index (χ2v) is 6.50. The summed E-state index contributed by atoms with van der Waals surface area (Å²) in [6, 6.07) is 8.49. The fourth-order valence-electron chi connectivity index (χ4n) is 3.65. The van der Waals surface area contributed by atoms with Gasteiger partial charge in [0.1, 0.15) is 11.9 Å². The molecule has 2 heterocycles. The van der Waals surface area contributed by atoms with Gasteiger partial charge in [-0.15, -0.1) is 0 Å². The molecule has 1 aromatic carbocycles. The molecule has 0 aromatic heterocycles. The number of hydrogen-bond acceptors (Lipinski definition) is 3. The van der Waals surface area contributed by atoms with Crippen LogP contribution in [0.15, 0.2) is 24.3 Å². The van der Waals surface area contributed by atoms with E-state index in [4.69, 9.17) is 4.74 Å². The van der Waals surface area contributed by atoms with E-state index in [1.54, 1.807) is 0 Å². The van der Waals surface area contributed by atoms with Crippen molar-refractivity contribution in [3.63, 3.8) is 0 Å². The first-order chi connectivity index (χ1) is 10.3. The normalized spacial score (nSPS) is 22.3. The standard InChI is InChI=1S/C18H28N2O/c1-2-11-20(13-15-7-9-19-10-8-15)14-17-12-16-5-3-4-6-18(16)21-17/h3-6,15,17,19H,2,7-14H2,1H3. The molecule has 1 saturated heterocycles. The van der Waals surface area contributed by atoms with Gasteiger partial charge in [0.2, 0.25) is 0 Å². The number of para-hydroxylation sites is 1. The Labute approximate surface area is 128 Å². The number of nitrogens with zero attached hydrogens (tertiary/aromatic N) is 1. The second-order valence-electron chi connectivity index (χ2n) is 6.50. The van der Waals surface area contributed by atoms with E-state index < -0.39 is 0 Å². The van der Waals surface area contributed by atoms with E-state index in [1.807, 2.05) is 0 Å². The number of hydrogen-bond donors (Lipinski definition) is 1. The molecule has 3 heteroatoms. The molecule has 0 bridgehead atoms. The molecule has 1 atom stereocenters. The maximum Gasteiger partial charge on any atom is 0.123 e. The van der Waals surface area contributed by atoms with E-state index in [-0.39, 0.29) is 0 Å². The highest BCUT2D eigenvalue weighted by Crippen LogP contribution is 2.28. The molecule has 0 radical (unpaired) electrons. The molecule has 2 aliphatic rings. The highest BCUT2D eigenvalue weighted by atomic mass is 16.5. The van der Waals surface area contributed by atoms with Crippen molar-refractivity contribution in [3.05, 3.63) is 29.8 Å². The Bertz CT molecular complexity index is 418. The van der Waals surface area contributed by atoms with Gasteiger partial charge in [-0.05, 0) is 56.4 Å². The molecule has 0 saturated carbocycles. The van der Waals surface area contributed by atoms with Crippen LogP contribution in [0.4, 0.5) is 0 Å². The van der Waals surface area contributed by atoms with Gasteiger partial charge < -0.3 is 10.1 Å². The number of rotatable bonds is 6. The van der Waals surface area contributed by atoms with Crippen molar-refractivity contribution in [1.29, 1.82) is 0 Å². The third-order valence-corrected chi connectivity index (χ3v) is 4.69. The minimum atomic E-state index is 0.343. The van der Waals surface area contributed by atoms with Gasteiger partial charge in [-0.2, -0.15) is 0 Å². The van der Waals surface area contributed by atoms with Crippen LogP contribution in [0.25, 0.3) is 0 Å². The molecule has 1 unspecified atom stereocenters. The number of fused-ring (bicyclic) bond motifs is 1. The molecule has 2 aliphatic heterocycles. The highest BCUT2D eigenvalue weighted by molar-refractivity contribution is 5.37. The smallest absolute Gasteiger partial charge is 0.123 e. The van der Waals surface area contributed by atoms with Crippen LogP contribution in [-0.2, 0) is 6.42 Å². The summed E-state index contributed by atoms with van der Waals surface area (Å²) in [4.78, 5) is 2.63. The van der Waals surface area contributed by atoms with Gasteiger partial charge in [0.25, 0.3) is 0 Å². The van der Waals surface area contributed by atoms with Gasteiger partial charge in [0, 0.05) is 19.5 Å². The summed E-state index contributed by atoms with van der Waals surface area (Å²) < 4.78 is 6.12. The van der Waals surface area contributed by atoms with Crippen LogP contribution in [0.3, 0.4) is 0 Å². The molecule has 0 spiro atoms. The zero-order chi connectivity index (χ0) is 14.5. The van der Waals surface area contributed by atoms with Gasteiger partial charge in [0.15, 0.2) is 0 Å². The van der Waals surface area contributed by atoms with Crippen LogP contribution in [0.5, 0.6) is 5.75 Å². The van der Waals surface area contributed by atoms with Crippen molar-refractivity contribution in [2.75, 3.05) is 32.7 Å². The van der Waals surface area contributed by atoms with Crippen molar-refractivity contribution in [2.24, 2.45) is 5.92 Å². The van der Waals surface area contributed by atoms with Crippen molar-refractivity contribution in [3.8, 4) is 5.75 Å².